The van der Waals surface area contributed by atoms with E-state index in [1.54, 1.807) is 11.3 Å². The van der Waals surface area contributed by atoms with Crippen LogP contribution in [-0.2, 0) is 6.54 Å². The molecule has 1 saturated heterocycles. The average Bonchev–Trinajstić information content (AvgIpc) is 2.91. The minimum Gasteiger partial charge on any atom is -0.316 e. The molecule has 2 rings (SSSR count). The number of rotatable bonds is 6. The van der Waals surface area contributed by atoms with Crippen LogP contribution in [0.3, 0.4) is 0 Å². The van der Waals surface area contributed by atoms with Crippen LogP contribution in [0.2, 0.25) is 0 Å². The summed E-state index contributed by atoms with van der Waals surface area (Å²) in [5.74, 6) is 0.838. The molecule has 0 bridgehead atoms. The highest BCUT2D eigenvalue weighted by Gasteiger charge is 2.22. The summed E-state index contributed by atoms with van der Waals surface area (Å²) in [6, 6.07) is 0. The molecule has 0 amide bonds. The minimum absolute atomic E-state index is 0.838. The summed E-state index contributed by atoms with van der Waals surface area (Å²) in [7, 11) is 0. The van der Waals surface area contributed by atoms with Crippen LogP contribution >= 0.6 is 11.3 Å². The lowest BCUT2D eigenvalue weighted by Crippen LogP contribution is -2.26. The zero-order valence-electron chi connectivity index (χ0n) is 9.98. The second-order valence-corrected chi connectivity index (χ2v) is 5.29. The van der Waals surface area contributed by atoms with Crippen LogP contribution in [0, 0.1) is 5.92 Å². The summed E-state index contributed by atoms with van der Waals surface area (Å²) in [5, 5.41) is 5.67. The summed E-state index contributed by atoms with van der Waals surface area (Å²) in [4.78, 5) is 6.86. The molecule has 2 heterocycles. The normalized spacial score (nSPS) is 21.7. The fourth-order valence-corrected chi connectivity index (χ4v) is 2.80. The van der Waals surface area contributed by atoms with E-state index in [-0.39, 0.29) is 0 Å². The van der Waals surface area contributed by atoms with E-state index in [1.807, 2.05) is 5.51 Å². The van der Waals surface area contributed by atoms with Crippen LogP contribution in [-0.4, -0.2) is 36.1 Å². The van der Waals surface area contributed by atoms with Gasteiger partial charge < -0.3 is 5.32 Å². The van der Waals surface area contributed by atoms with Crippen molar-refractivity contribution in [1.29, 1.82) is 0 Å². The smallest absolute Gasteiger partial charge is 0.0795 e. The average molecular weight is 239 g/mol. The van der Waals surface area contributed by atoms with Gasteiger partial charge in [-0.25, -0.2) is 4.98 Å². The van der Waals surface area contributed by atoms with E-state index < -0.39 is 0 Å². The lowest BCUT2D eigenvalue weighted by Gasteiger charge is -2.14. The molecule has 1 aromatic heterocycles. The maximum Gasteiger partial charge on any atom is 0.0795 e. The lowest BCUT2D eigenvalue weighted by atomic mass is 10.1. The van der Waals surface area contributed by atoms with Gasteiger partial charge in [-0.05, 0) is 38.4 Å². The molecule has 1 fully saturated rings. The van der Waals surface area contributed by atoms with Gasteiger partial charge in [-0.3, -0.25) is 4.90 Å². The van der Waals surface area contributed by atoms with E-state index in [1.165, 1.54) is 38.2 Å². The van der Waals surface area contributed by atoms with E-state index >= 15 is 0 Å². The first kappa shape index (κ1) is 12.0. The van der Waals surface area contributed by atoms with E-state index in [4.69, 9.17) is 0 Å². The number of aromatic nitrogens is 1. The van der Waals surface area contributed by atoms with Crippen molar-refractivity contribution in [3.05, 3.63) is 16.6 Å². The van der Waals surface area contributed by atoms with Gasteiger partial charge >= 0.3 is 0 Å². The van der Waals surface area contributed by atoms with Gasteiger partial charge in [-0.2, -0.15) is 0 Å². The van der Waals surface area contributed by atoms with Crippen LogP contribution in [0.25, 0.3) is 0 Å². The molecule has 1 aliphatic heterocycles. The molecule has 1 aliphatic rings. The Kier molecular flexibility index (Phi) is 4.75. The van der Waals surface area contributed by atoms with Crippen molar-refractivity contribution in [2.24, 2.45) is 5.92 Å². The van der Waals surface area contributed by atoms with Crippen molar-refractivity contribution >= 4 is 11.3 Å². The number of thiazole rings is 1. The first-order valence-corrected chi connectivity index (χ1v) is 7.13. The Hall–Kier alpha value is -0.450. The van der Waals surface area contributed by atoms with Gasteiger partial charge in [0.25, 0.3) is 0 Å². The second-order valence-electron chi connectivity index (χ2n) is 4.57. The Labute approximate surface area is 102 Å². The van der Waals surface area contributed by atoms with E-state index in [9.17, 15) is 0 Å². The highest BCUT2D eigenvalue weighted by atomic mass is 32.1. The molecule has 16 heavy (non-hydrogen) atoms. The Morgan fingerprint density at radius 2 is 2.56 bits per heavy atom. The molecule has 0 aliphatic carbocycles. The molecule has 90 valence electrons. The summed E-state index contributed by atoms with van der Waals surface area (Å²) in [6.07, 6.45) is 2.57. The van der Waals surface area contributed by atoms with Crippen LogP contribution in [0.1, 0.15) is 25.5 Å². The number of hydrogen-bond acceptors (Lipinski definition) is 4. The van der Waals surface area contributed by atoms with Crippen molar-refractivity contribution in [3.8, 4) is 0 Å². The van der Waals surface area contributed by atoms with Crippen molar-refractivity contribution in [1.82, 2.24) is 15.2 Å². The molecule has 3 nitrogen and oxygen atoms in total. The Balaban J connectivity index is 1.67. The molecule has 1 N–H and O–H groups in total. The monoisotopic (exact) mass is 239 g/mol. The first-order valence-electron chi connectivity index (χ1n) is 6.18. The first-order chi connectivity index (χ1) is 7.88. The van der Waals surface area contributed by atoms with Gasteiger partial charge in [0.05, 0.1) is 11.2 Å². The fraction of sp³-hybridized carbons (Fsp3) is 0.750. The highest BCUT2D eigenvalue weighted by molar-refractivity contribution is 7.07. The van der Waals surface area contributed by atoms with Crippen LogP contribution in [0.5, 0.6) is 0 Å². The SMILES string of the molecule is CCCNCC1CCN(Cc2cscn2)C1. The zero-order chi connectivity index (χ0) is 11.2. The molecule has 0 aromatic carbocycles. The zero-order valence-corrected chi connectivity index (χ0v) is 10.8. The highest BCUT2D eigenvalue weighted by Crippen LogP contribution is 2.17. The maximum absolute atomic E-state index is 4.34. The number of nitrogens with one attached hydrogen (secondary N) is 1. The topological polar surface area (TPSA) is 28.2 Å². The lowest BCUT2D eigenvalue weighted by molar-refractivity contribution is 0.311. The molecule has 4 heteroatoms. The number of hydrogen-bond donors (Lipinski definition) is 1. The molecule has 1 unspecified atom stereocenters. The van der Waals surface area contributed by atoms with Crippen molar-refractivity contribution in [2.45, 2.75) is 26.3 Å². The van der Waals surface area contributed by atoms with E-state index in [2.05, 4.69) is 27.5 Å². The van der Waals surface area contributed by atoms with Gasteiger partial charge in [0.15, 0.2) is 0 Å². The van der Waals surface area contributed by atoms with E-state index in [0.717, 1.165) is 19.0 Å². The standard InChI is InChI=1S/C12H21N3S/c1-2-4-13-6-11-3-5-15(7-11)8-12-9-16-10-14-12/h9-11,13H,2-8H2,1H3. The molecular formula is C12H21N3S. The molecular weight excluding hydrogens is 218 g/mol. The third-order valence-corrected chi connectivity index (χ3v) is 3.73. The third kappa shape index (κ3) is 3.54. The maximum atomic E-state index is 4.34. The van der Waals surface area contributed by atoms with Crippen molar-refractivity contribution < 1.29 is 0 Å². The van der Waals surface area contributed by atoms with Crippen LogP contribution < -0.4 is 5.32 Å². The minimum atomic E-state index is 0.838. The van der Waals surface area contributed by atoms with E-state index in [0.29, 0.717) is 0 Å². The van der Waals surface area contributed by atoms with Gasteiger partial charge in [-0.1, -0.05) is 6.92 Å². The molecule has 0 saturated carbocycles. The van der Waals surface area contributed by atoms with Crippen molar-refractivity contribution in [2.75, 3.05) is 26.2 Å². The predicted octanol–water partition coefficient (Wildman–Crippen LogP) is 1.96. The molecule has 0 spiro atoms. The second kappa shape index (κ2) is 6.33. The predicted molar refractivity (Wildman–Crippen MR) is 68.7 cm³/mol. The van der Waals surface area contributed by atoms with Crippen LogP contribution in [0.4, 0.5) is 0 Å². The van der Waals surface area contributed by atoms with Crippen molar-refractivity contribution in [3.63, 3.8) is 0 Å². The molecule has 1 aromatic rings. The Morgan fingerprint density at radius 3 is 3.31 bits per heavy atom. The number of likely N-dealkylation sites (tertiary alicyclic amines) is 1. The summed E-state index contributed by atoms with van der Waals surface area (Å²) < 4.78 is 0. The Morgan fingerprint density at radius 1 is 1.62 bits per heavy atom. The van der Waals surface area contributed by atoms with Gasteiger partial charge in [0.2, 0.25) is 0 Å². The third-order valence-electron chi connectivity index (χ3n) is 3.10. The molecule has 1 atom stereocenters. The number of nitrogens with zero attached hydrogens (tertiary/aromatic N) is 2. The van der Waals surface area contributed by atoms with Gasteiger partial charge in [0.1, 0.15) is 0 Å². The summed E-state index contributed by atoms with van der Waals surface area (Å²) >= 11 is 1.69. The Bertz CT molecular complexity index is 286. The van der Waals surface area contributed by atoms with Gasteiger partial charge in [0, 0.05) is 18.5 Å². The quantitative estimate of drug-likeness (QED) is 0.769. The summed E-state index contributed by atoms with van der Waals surface area (Å²) in [5.41, 5.74) is 3.15. The largest absolute Gasteiger partial charge is 0.316 e. The molecule has 0 radical (unpaired) electrons. The van der Waals surface area contributed by atoms with Crippen LogP contribution in [0.15, 0.2) is 10.9 Å². The van der Waals surface area contributed by atoms with Gasteiger partial charge in [-0.15, -0.1) is 11.3 Å². The summed E-state index contributed by atoms with van der Waals surface area (Å²) in [6.45, 7) is 8.05. The fourth-order valence-electron chi connectivity index (χ4n) is 2.25.